The Hall–Kier alpha value is -2.67. The highest BCUT2D eigenvalue weighted by Gasteiger charge is 2.12. The quantitative estimate of drug-likeness (QED) is 0.502. The summed E-state index contributed by atoms with van der Waals surface area (Å²) >= 11 is 0. The molecule has 0 bridgehead atoms. The maximum atomic E-state index is 13.2. The van der Waals surface area contributed by atoms with Gasteiger partial charge in [-0.15, -0.1) is 0 Å². The van der Waals surface area contributed by atoms with Crippen LogP contribution in [0.4, 0.5) is 21.5 Å². The number of hydrogen-bond acceptors (Lipinski definition) is 5. The van der Waals surface area contributed by atoms with Crippen molar-refractivity contribution in [2.45, 2.75) is 6.54 Å². The zero-order chi connectivity index (χ0) is 15.4. The first-order chi connectivity index (χ1) is 9.99. The van der Waals surface area contributed by atoms with E-state index in [1.807, 2.05) is 0 Å². The van der Waals surface area contributed by atoms with E-state index in [2.05, 4.69) is 5.43 Å². The number of rotatable bonds is 5. The van der Waals surface area contributed by atoms with Gasteiger partial charge in [0.15, 0.2) is 0 Å². The molecular formula is C14H15FN4O2. The minimum atomic E-state index is -0.486. The second kappa shape index (κ2) is 6.19. The molecule has 0 radical (unpaired) electrons. The zero-order valence-electron chi connectivity index (χ0n) is 11.4. The van der Waals surface area contributed by atoms with Gasteiger partial charge in [0, 0.05) is 31.4 Å². The average molecular weight is 290 g/mol. The summed E-state index contributed by atoms with van der Waals surface area (Å²) in [6, 6.07) is 10.7. The zero-order valence-corrected chi connectivity index (χ0v) is 11.4. The lowest BCUT2D eigenvalue weighted by Crippen LogP contribution is -2.17. The molecule has 2 rings (SSSR count). The first kappa shape index (κ1) is 14.7. The minimum Gasteiger partial charge on any atom is -0.370 e. The normalized spacial score (nSPS) is 10.2. The Bertz CT molecular complexity index is 663. The van der Waals surface area contributed by atoms with Gasteiger partial charge in [0.25, 0.3) is 5.69 Å². The number of nitrogens with two attached hydrogens (primary N) is 1. The van der Waals surface area contributed by atoms with Crippen molar-refractivity contribution in [1.82, 2.24) is 0 Å². The van der Waals surface area contributed by atoms with Crippen LogP contribution < -0.4 is 16.2 Å². The third kappa shape index (κ3) is 3.67. The van der Waals surface area contributed by atoms with Crippen molar-refractivity contribution in [3.63, 3.8) is 0 Å². The highest BCUT2D eigenvalue weighted by molar-refractivity contribution is 5.64. The Kier molecular flexibility index (Phi) is 4.34. The minimum absolute atomic E-state index is 0.0634. The molecule has 0 atom stereocenters. The molecule has 0 spiro atoms. The molecule has 0 amide bonds. The third-order valence-corrected chi connectivity index (χ3v) is 3.03. The lowest BCUT2D eigenvalue weighted by Gasteiger charge is -2.20. The van der Waals surface area contributed by atoms with Crippen LogP contribution in [0.5, 0.6) is 0 Å². The molecular weight excluding hydrogens is 275 g/mol. The van der Waals surface area contributed by atoms with Gasteiger partial charge in [0.1, 0.15) is 5.82 Å². The van der Waals surface area contributed by atoms with Crippen LogP contribution in [0.1, 0.15) is 5.56 Å². The molecule has 0 heterocycles. The maximum Gasteiger partial charge on any atom is 0.273 e. The molecule has 3 N–H and O–H groups in total. The van der Waals surface area contributed by atoms with E-state index in [4.69, 9.17) is 5.84 Å². The van der Waals surface area contributed by atoms with Crippen LogP contribution in [0.25, 0.3) is 0 Å². The van der Waals surface area contributed by atoms with Crippen LogP contribution in [-0.2, 0) is 6.54 Å². The van der Waals surface area contributed by atoms with Crippen molar-refractivity contribution < 1.29 is 9.31 Å². The van der Waals surface area contributed by atoms with Gasteiger partial charge >= 0.3 is 0 Å². The summed E-state index contributed by atoms with van der Waals surface area (Å²) in [5.74, 6) is 5.00. The summed E-state index contributed by atoms with van der Waals surface area (Å²) in [6.45, 7) is 0.420. The Balaban J connectivity index is 2.27. The molecule has 21 heavy (non-hydrogen) atoms. The number of non-ortho nitro benzene ring substituents is 1. The molecule has 2 aromatic carbocycles. The Morgan fingerprint density at radius 1 is 1.33 bits per heavy atom. The van der Waals surface area contributed by atoms with Crippen molar-refractivity contribution >= 4 is 17.1 Å². The van der Waals surface area contributed by atoms with E-state index in [0.717, 1.165) is 5.56 Å². The number of nitro benzene ring substituents is 1. The Morgan fingerprint density at radius 2 is 2.10 bits per heavy atom. The molecule has 2 aromatic rings. The number of hydrogen-bond donors (Lipinski definition) is 2. The van der Waals surface area contributed by atoms with Crippen molar-refractivity contribution in [2.75, 3.05) is 17.4 Å². The van der Waals surface area contributed by atoms with Crippen LogP contribution in [0.2, 0.25) is 0 Å². The van der Waals surface area contributed by atoms with Crippen molar-refractivity contribution in [3.05, 3.63) is 64.0 Å². The standard InChI is InChI=1S/C14H15FN4O2/c1-18(9-10-3-2-4-11(15)5-10)13-6-12(17-16)7-14(8-13)19(20)21/h2-8,17H,9,16H2,1H3. The van der Waals surface area contributed by atoms with Gasteiger partial charge in [-0.1, -0.05) is 12.1 Å². The number of nitrogens with zero attached hydrogens (tertiary/aromatic N) is 2. The second-order valence-electron chi connectivity index (χ2n) is 4.63. The van der Waals surface area contributed by atoms with Crippen LogP contribution in [0.15, 0.2) is 42.5 Å². The second-order valence-corrected chi connectivity index (χ2v) is 4.63. The van der Waals surface area contributed by atoms with Gasteiger partial charge in [-0.2, -0.15) is 0 Å². The summed E-state index contributed by atoms with van der Waals surface area (Å²) < 4.78 is 13.2. The van der Waals surface area contributed by atoms with E-state index in [9.17, 15) is 14.5 Å². The topological polar surface area (TPSA) is 84.4 Å². The number of nitro groups is 1. The fourth-order valence-corrected chi connectivity index (χ4v) is 2.00. The Morgan fingerprint density at radius 3 is 2.71 bits per heavy atom. The number of hydrazine groups is 1. The third-order valence-electron chi connectivity index (χ3n) is 3.03. The molecule has 0 aromatic heterocycles. The lowest BCUT2D eigenvalue weighted by molar-refractivity contribution is -0.384. The molecule has 0 saturated carbocycles. The molecule has 0 aliphatic rings. The van der Waals surface area contributed by atoms with E-state index in [0.29, 0.717) is 17.9 Å². The highest BCUT2D eigenvalue weighted by Crippen LogP contribution is 2.26. The maximum absolute atomic E-state index is 13.2. The smallest absolute Gasteiger partial charge is 0.273 e. The predicted molar refractivity (Wildman–Crippen MR) is 79.4 cm³/mol. The molecule has 0 unspecified atom stereocenters. The van der Waals surface area contributed by atoms with E-state index >= 15 is 0 Å². The monoisotopic (exact) mass is 290 g/mol. The predicted octanol–water partition coefficient (Wildman–Crippen LogP) is 2.66. The summed E-state index contributed by atoms with van der Waals surface area (Å²) in [7, 11) is 1.77. The lowest BCUT2D eigenvalue weighted by atomic mass is 10.2. The summed E-state index contributed by atoms with van der Waals surface area (Å²) in [6.07, 6.45) is 0. The van der Waals surface area contributed by atoms with Gasteiger partial charge in [-0.3, -0.25) is 16.0 Å². The fraction of sp³-hybridized carbons (Fsp3) is 0.143. The number of anilines is 2. The number of nitrogen functional groups attached to an aromatic ring is 1. The number of nitrogens with one attached hydrogen (secondary N) is 1. The molecule has 0 fully saturated rings. The number of halogens is 1. The van der Waals surface area contributed by atoms with E-state index < -0.39 is 4.92 Å². The molecule has 110 valence electrons. The van der Waals surface area contributed by atoms with Crippen LogP contribution in [0, 0.1) is 15.9 Å². The molecule has 6 nitrogen and oxygen atoms in total. The summed E-state index contributed by atoms with van der Waals surface area (Å²) in [4.78, 5) is 12.2. The first-order valence-electron chi connectivity index (χ1n) is 6.21. The van der Waals surface area contributed by atoms with Gasteiger partial charge < -0.3 is 10.3 Å². The van der Waals surface area contributed by atoms with E-state index in [1.54, 1.807) is 30.1 Å². The van der Waals surface area contributed by atoms with Crippen LogP contribution in [-0.4, -0.2) is 12.0 Å². The Labute approximate surface area is 121 Å². The van der Waals surface area contributed by atoms with E-state index in [-0.39, 0.29) is 11.5 Å². The van der Waals surface area contributed by atoms with Crippen molar-refractivity contribution in [3.8, 4) is 0 Å². The van der Waals surface area contributed by atoms with Gasteiger partial charge in [-0.25, -0.2) is 4.39 Å². The number of benzene rings is 2. The molecule has 0 aliphatic carbocycles. The SMILES string of the molecule is CN(Cc1cccc(F)c1)c1cc(NN)cc([N+](=O)[O-])c1. The van der Waals surface area contributed by atoms with E-state index in [1.165, 1.54) is 24.3 Å². The molecule has 0 aliphatic heterocycles. The van der Waals surface area contributed by atoms with Crippen LogP contribution in [0.3, 0.4) is 0 Å². The largest absolute Gasteiger partial charge is 0.370 e. The summed E-state index contributed by atoms with van der Waals surface area (Å²) in [5.41, 5.74) is 4.15. The molecule has 7 heteroatoms. The van der Waals surface area contributed by atoms with Crippen molar-refractivity contribution in [2.24, 2.45) is 5.84 Å². The molecule has 0 saturated heterocycles. The fourth-order valence-electron chi connectivity index (χ4n) is 2.00. The summed E-state index contributed by atoms with van der Waals surface area (Å²) in [5, 5.41) is 10.9. The van der Waals surface area contributed by atoms with Gasteiger partial charge in [0.05, 0.1) is 10.6 Å². The van der Waals surface area contributed by atoms with Crippen molar-refractivity contribution in [1.29, 1.82) is 0 Å². The van der Waals surface area contributed by atoms with Gasteiger partial charge in [0.2, 0.25) is 0 Å². The van der Waals surface area contributed by atoms with Gasteiger partial charge in [-0.05, 0) is 23.8 Å². The van der Waals surface area contributed by atoms with Crippen LogP contribution >= 0.6 is 0 Å². The first-order valence-corrected chi connectivity index (χ1v) is 6.21. The highest BCUT2D eigenvalue weighted by atomic mass is 19.1. The average Bonchev–Trinajstić information content (AvgIpc) is 2.46.